The number of amides is 1. The molecule has 0 bridgehead atoms. The van der Waals surface area contributed by atoms with Gasteiger partial charge in [0, 0.05) is 19.0 Å². The number of phenols is 1. The fourth-order valence-electron chi connectivity index (χ4n) is 4.90. The number of unbranched alkanes of at least 4 members (excludes halogenated alkanes) is 11. The van der Waals surface area contributed by atoms with Gasteiger partial charge in [0.2, 0.25) is 6.41 Å². The lowest BCUT2D eigenvalue weighted by atomic mass is 10.1. The molecule has 2 atom stereocenters. The van der Waals surface area contributed by atoms with E-state index < -0.39 is 12.1 Å². The molecule has 0 aliphatic heterocycles. The highest BCUT2D eigenvalue weighted by Crippen LogP contribution is 2.26. The zero-order chi connectivity index (χ0) is 33.1. The second-order valence-corrected chi connectivity index (χ2v) is 11.6. The molecule has 2 unspecified atom stereocenters. The molecule has 252 valence electrons. The van der Waals surface area contributed by atoms with Gasteiger partial charge < -0.3 is 30.7 Å². The van der Waals surface area contributed by atoms with Crippen LogP contribution in [0, 0.1) is 0 Å². The molecule has 0 heterocycles. The molecule has 2 rings (SSSR count). The van der Waals surface area contributed by atoms with Gasteiger partial charge in [0.25, 0.3) is 0 Å². The third kappa shape index (κ3) is 20.3. The van der Waals surface area contributed by atoms with Gasteiger partial charge in [-0.3, -0.25) is 9.59 Å². The minimum Gasteiger partial charge on any atom is -0.506 e. The summed E-state index contributed by atoms with van der Waals surface area (Å²) in [4.78, 5) is 20.9. The second kappa shape index (κ2) is 25.9. The molecule has 45 heavy (non-hydrogen) atoms. The van der Waals surface area contributed by atoms with Gasteiger partial charge in [0.05, 0.1) is 18.9 Å². The Hall–Kier alpha value is -3.36. The number of aliphatic carboxylic acids is 1. The van der Waals surface area contributed by atoms with Gasteiger partial charge >= 0.3 is 5.97 Å². The minimum absolute atomic E-state index is 0.0381. The molecule has 0 aromatic heterocycles. The van der Waals surface area contributed by atoms with E-state index in [4.69, 9.17) is 9.84 Å². The summed E-state index contributed by atoms with van der Waals surface area (Å²) in [6, 6.07) is 12.7. The molecule has 1 amide bonds. The molecular weight excluding hydrogens is 568 g/mol. The van der Waals surface area contributed by atoms with E-state index in [2.05, 4.69) is 29.7 Å². The molecule has 8 heteroatoms. The fraction of sp³-hybridized carbons (Fsp3) is 0.568. The first-order valence-corrected chi connectivity index (χ1v) is 16.7. The number of aromatic hydroxyl groups is 1. The number of methoxy groups -OCH3 is 1. The molecule has 0 aliphatic rings. The lowest BCUT2D eigenvalue weighted by molar-refractivity contribution is -0.137. The molecule has 0 saturated carbocycles. The molecule has 0 aliphatic carbocycles. The van der Waals surface area contributed by atoms with Crippen molar-refractivity contribution < 1.29 is 29.6 Å². The average molecular weight is 627 g/mol. The van der Waals surface area contributed by atoms with E-state index in [1.165, 1.54) is 82.3 Å². The molecule has 0 fully saturated rings. The number of carbonyl (C=O) groups is 2. The molecule has 8 nitrogen and oxygen atoms in total. The zero-order valence-electron chi connectivity index (χ0n) is 27.8. The van der Waals surface area contributed by atoms with Gasteiger partial charge in [0.1, 0.15) is 11.5 Å². The van der Waals surface area contributed by atoms with E-state index in [-0.39, 0.29) is 17.5 Å². The van der Waals surface area contributed by atoms with Crippen molar-refractivity contribution in [2.24, 2.45) is 0 Å². The quantitative estimate of drug-likeness (QED) is 0.0343. The Morgan fingerprint density at radius 1 is 0.889 bits per heavy atom. The van der Waals surface area contributed by atoms with E-state index >= 15 is 0 Å². The van der Waals surface area contributed by atoms with Crippen molar-refractivity contribution in [1.82, 2.24) is 5.32 Å². The van der Waals surface area contributed by atoms with Gasteiger partial charge in [0.15, 0.2) is 0 Å². The van der Waals surface area contributed by atoms with Crippen LogP contribution in [-0.4, -0.2) is 47.4 Å². The number of ether oxygens (including phenoxy) is 1. The molecule has 2 aromatic carbocycles. The number of allylic oxidation sites excluding steroid dienone is 2. The summed E-state index contributed by atoms with van der Waals surface area (Å²) in [5, 5.41) is 34.2. The summed E-state index contributed by atoms with van der Waals surface area (Å²) in [7, 11) is 1.64. The first kappa shape index (κ1) is 39.7. The van der Waals surface area contributed by atoms with Crippen molar-refractivity contribution in [1.29, 1.82) is 0 Å². The number of aliphatic hydroxyl groups excluding tert-OH is 1. The van der Waals surface area contributed by atoms with Gasteiger partial charge in [-0.1, -0.05) is 88.6 Å². The summed E-state index contributed by atoms with van der Waals surface area (Å²) < 4.78 is 5.14. The molecule has 2 aromatic rings. The number of nitrogens with one attached hydrogen (secondary N) is 2. The summed E-state index contributed by atoms with van der Waals surface area (Å²) in [6.45, 7) is 4.67. The summed E-state index contributed by atoms with van der Waals surface area (Å²) in [6.07, 6.45) is 21.8. The number of anilines is 1. The van der Waals surface area contributed by atoms with Crippen LogP contribution in [0.1, 0.15) is 121 Å². The van der Waals surface area contributed by atoms with E-state index in [0.717, 1.165) is 25.0 Å². The van der Waals surface area contributed by atoms with Crippen LogP contribution in [0.5, 0.6) is 11.5 Å². The standard InChI is InChI=1S/C19H24N2O4.C18H34O2/c1-13(9-14-3-6-16(25-2)7-4-14)20-11-19(24)15-5-8-18(23)17(10-15)21-12-22;1-2-3-4-5-6-7-8-9-10-11-12-13-14-15-16-17-18(19)20/h3-8,10,12-13,19-20,23-24H,9,11H2,1-2H3,(H,21,22);9-10H,2-8,11-17H2,1H3,(H,19,20)/b;10-9-. The van der Waals surface area contributed by atoms with Crippen LogP contribution >= 0.6 is 0 Å². The van der Waals surface area contributed by atoms with E-state index in [0.29, 0.717) is 24.9 Å². The van der Waals surface area contributed by atoms with Crippen LogP contribution in [-0.2, 0) is 16.0 Å². The molecule has 5 N–H and O–H groups in total. The number of aliphatic hydroxyl groups is 1. The summed E-state index contributed by atoms with van der Waals surface area (Å²) >= 11 is 0. The number of hydrogen-bond acceptors (Lipinski definition) is 6. The SMILES string of the molecule is CCCCCCCC/C=C\CCCCCCCC(=O)O.COc1ccc(CC(C)NCC(O)c2ccc(O)c(NC=O)c2)cc1. The number of hydrogen-bond donors (Lipinski definition) is 5. The Morgan fingerprint density at radius 2 is 1.49 bits per heavy atom. The Kier molecular flexibility index (Phi) is 22.8. The zero-order valence-corrected chi connectivity index (χ0v) is 27.8. The predicted octanol–water partition coefficient (Wildman–Crippen LogP) is 8.33. The summed E-state index contributed by atoms with van der Waals surface area (Å²) in [5.74, 6) is 0.123. The van der Waals surface area contributed by atoms with Crippen molar-refractivity contribution in [2.75, 3.05) is 19.0 Å². The Balaban J connectivity index is 0.000000463. The minimum atomic E-state index is -0.744. The maximum Gasteiger partial charge on any atom is 0.303 e. The van der Waals surface area contributed by atoms with Crippen LogP contribution in [0.3, 0.4) is 0 Å². The Bertz CT molecular complexity index is 1070. The van der Waals surface area contributed by atoms with Gasteiger partial charge in [-0.15, -0.1) is 0 Å². The van der Waals surface area contributed by atoms with Crippen LogP contribution < -0.4 is 15.4 Å². The molecular formula is C37H58N2O6. The maximum absolute atomic E-state index is 10.5. The van der Waals surface area contributed by atoms with Gasteiger partial charge in [-0.05, 0) is 80.8 Å². The fourth-order valence-corrected chi connectivity index (χ4v) is 4.90. The Morgan fingerprint density at radius 3 is 2.07 bits per heavy atom. The smallest absolute Gasteiger partial charge is 0.303 e. The van der Waals surface area contributed by atoms with Crippen molar-refractivity contribution >= 4 is 18.1 Å². The highest BCUT2D eigenvalue weighted by atomic mass is 16.5. The topological polar surface area (TPSA) is 128 Å². The third-order valence-corrected chi connectivity index (χ3v) is 7.63. The van der Waals surface area contributed by atoms with Gasteiger partial charge in [-0.25, -0.2) is 0 Å². The molecule has 0 spiro atoms. The number of carboxylic acids is 1. The second-order valence-electron chi connectivity index (χ2n) is 11.6. The van der Waals surface area contributed by atoms with Crippen LogP contribution in [0.4, 0.5) is 5.69 Å². The molecule has 0 radical (unpaired) electrons. The number of phenolic OH excluding ortho intramolecular Hbond substituents is 1. The number of rotatable bonds is 24. The molecule has 0 saturated heterocycles. The first-order chi connectivity index (χ1) is 21.8. The average Bonchev–Trinajstić information content (AvgIpc) is 3.03. The lowest BCUT2D eigenvalue weighted by Crippen LogP contribution is -2.32. The van der Waals surface area contributed by atoms with E-state index in [1.807, 2.05) is 31.2 Å². The van der Waals surface area contributed by atoms with Crippen molar-refractivity contribution in [3.05, 3.63) is 65.7 Å². The highest BCUT2D eigenvalue weighted by Gasteiger charge is 2.12. The van der Waals surface area contributed by atoms with Gasteiger partial charge in [-0.2, -0.15) is 0 Å². The van der Waals surface area contributed by atoms with E-state index in [9.17, 15) is 19.8 Å². The number of carboxylic acid groups (broad SMARTS) is 1. The van der Waals surface area contributed by atoms with Crippen LogP contribution in [0.2, 0.25) is 0 Å². The highest BCUT2D eigenvalue weighted by molar-refractivity contribution is 5.75. The van der Waals surface area contributed by atoms with E-state index in [1.54, 1.807) is 19.2 Å². The van der Waals surface area contributed by atoms with Crippen molar-refractivity contribution in [3.8, 4) is 11.5 Å². The van der Waals surface area contributed by atoms with Crippen LogP contribution in [0.15, 0.2) is 54.6 Å². The normalized spacial score (nSPS) is 12.3. The number of benzene rings is 2. The first-order valence-electron chi connectivity index (χ1n) is 16.7. The van der Waals surface area contributed by atoms with Crippen molar-refractivity contribution in [2.45, 2.75) is 122 Å². The third-order valence-electron chi connectivity index (χ3n) is 7.63. The Labute approximate surface area is 271 Å². The monoisotopic (exact) mass is 626 g/mol. The number of carbonyl (C=O) groups excluding carboxylic acids is 1. The maximum atomic E-state index is 10.5. The van der Waals surface area contributed by atoms with Crippen LogP contribution in [0.25, 0.3) is 0 Å². The predicted molar refractivity (Wildman–Crippen MR) is 184 cm³/mol. The largest absolute Gasteiger partial charge is 0.506 e. The summed E-state index contributed by atoms with van der Waals surface area (Å²) in [5.41, 5.74) is 2.07. The lowest BCUT2D eigenvalue weighted by Gasteiger charge is -2.18. The van der Waals surface area contributed by atoms with Crippen molar-refractivity contribution in [3.63, 3.8) is 0 Å².